The van der Waals surface area contributed by atoms with Crippen LogP contribution < -0.4 is 11.1 Å². The highest BCUT2D eigenvalue weighted by atomic mass is 16.3. The van der Waals surface area contributed by atoms with Crippen molar-refractivity contribution in [3.05, 3.63) is 0 Å². The van der Waals surface area contributed by atoms with Gasteiger partial charge in [-0.3, -0.25) is 4.99 Å². The molecule has 0 spiro atoms. The summed E-state index contributed by atoms with van der Waals surface area (Å²) in [5, 5.41) is 12.6. The molecule has 1 rings (SSSR count). The third-order valence-corrected chi connectivity index (χ3v) is 2.97. The van der Waals surface area contributed by atoms with E-state index in [9.17, 15) is 5.11 Å². The van der Waals surface area contributed by atoms with Gasteiger partial charge in [-0.05, 0) is 46.6 Å². The molecule has 0 atom stereocenters. The van der Waals surface area contributed by atoms with Gasteiger partial charge in [0.25, 0.3) is 0 Å². The zero-order chi connectivity index (χ0) is 13.6. The minimum absolute atomic E-state index is 0.0312. The second kappa shape index (κ2) is 6.95. The molecule has 5 heteroatoms. The molecule has 1 aliphatic rings. The van der Waals surface area contributed by atoms with Crippen LogP contribution in [0.15, 0.2) is 4.99 Å². The van der Waals surface area contributed by atoms with Crippen LogP contribution in [0.5, 0.6) is 0 Å². The number of piperidine rings is 1. The van der Waals surface area contributed by atoms with E-state index in [-0.39, 0.29) is 11.6 Å². The lowest BCUT2D eigenvalue weighted by Crippen LogP contribution is -2.45. The van der Waals surface area contributed by atoms with Crippen LogP contribution in [0.3, 0.4) is 0 Å². The molecular formula is C13H28N4O. The van der Waals surface area contributed by atoms with Crippen molar-refractivity contribution < 1.29 is 5.11 Å². The fourth-order valence-corrected chi connectivity index (χ4v) is 2.06. The smallest absolute Gasteiger partial charge is 0.188 e. The Bertz CT molecular complexity index is 265. The van der Waals surface area contributed by atoms with Crippen molar-refractivity contribution in [1.29, 1.82) is 0 Å². The SMILES string of the molecule is CC(C)(C)NC(N)=NCCCN1CCC(O)CC1. The molecule has 0 saturated carbocycles. The number of aliphatic hydroxyl groups excluding tert-OH is 1. The number of hydrogen-bond donors (Lipinski definition) is 3. The minimum atomic E-state index is -0.0918. The molecule has 0 aromatic heterocycles. The van der Waals surface area contributed by atoms with E-state index >= 15 is 0 Å². The molecule has 18 heavy (non-hydrogen) atoms. The van der Waals surface area contributed by atoms with E-state index in [0.717, 1.165) is 45.4 Å². The molecule has 1 fully saturated rings. The maximum Gasteiger partial charge on any atom is 0.188 e. The molecule has 1 saturated heterocycles. The number of aliphatic imine (C=N–C) groups is 1. The van der Waals surface area contributed by atoms with Crippen LogP contribution in [0, 0.1) is 0 Å². The lowest BCUT2D eigenvalue weighted by atomic mass is 10.1. The average Bonchev–Trinajstić information content (AvgIpc) is 2.24. The first-order chi connectivity index (χ1) is 8.37. The molecule has 4 N–H and O–H groups in total. The van der Waals surface area contributed by atoms with Crippen molar-refractivity contribution in [1.82, 2.24) is 10.2 Å². The second-order valence-electron chi connectivity index (χ2n) is 6.07. The third-order valence-electron chi connectivity index (χ3n) is 2.97. The van der Waals surface area contributed by atoms with Crippen molar-refractivity contribution in [3.8, 4) is 0 Å². The molecule has 1 aliphatic heterocycles. The van der Waals surface area contributed by atoms with E-state index in [4.69, 9.17) is 5.73 Å². The highest BCUT2D eigenvalue weighted by molar-refractivity contribution is 5.78. The Kier molecular flexibility index (Phi) is 5.88. The van der Waals surface area contributed by atoms with E-state index in [1.807, 2.05) is 0 Å². The van der Waals surface area contributed by atoms with Gasteiger partial charge in [0, 0.05) is 25.2 Å². The van der Waals surface area contributed by atoms with Gasteiger partial charge in [0.05, 0.1) is 6.10 Å². The Hall–Kier alpha value is -0.810. The largest absolute Gasteiger partial charge is 0.393 e. The monoisotopic (exact) mass is 256 g/mol. The molecule has 0 radical (unpaired) electrons. The number of nitrogens with one attached hydrogen (secondary N) is 1. The first-order valence-corrected chi connectivity index (χ1v) is 6.85. The molecule has 106 valence electrons. The molecule has 0 amide bonds. The van der Waals surface area contributed by atoms with Crippen molar-refractivity contribution in [2.24, 2.45) is 10.7 Å². The van der Waals surface area contributed by atoms with Gasteiger partial charge in [0.2, 0.25) is 0 Å². The van der Waals surface area contributed by atoms with Crippen molar-refractivity contribution in [3.63, 3.8) is 0 Å². The minimum Gasteiger partial charge on any atom is -0.393 e. The van der Waals surface area contributed by atoms with Crippen LogP contribution in [0.25, 0.3) is 0 Å². The molecule has 1 heterocycles. The predicted octanol–water partition coefficient (Wildman–Crippen LogP) is 0.536. The molecule has 5 nitrogen and oxygen atoms in total. The van der Waals surface area contributed by atoms with E-state index < -0.39 is 0 Å². The number of likely N-dealkylation sites (tertiary alicyclic amines) is 1. The number of aliphatic hydroxyl groups is 1. The van der Waals surface area contributed by atoms with Gasteiger partial charge in [-0.25, -0.2) is 0 Å². The Morgan fingerprint density at radius 1 is 1.39 bits per heavy atom. The fraction of sp³-hybridized carbons (Fsp3) is 0.923. The second-order valence-corrected chi connectivity index (χ2v) is 6.07. The van der Waals surface area contributed by atoms with Crippen molar-refractivity contribution in [2.75, 3.05) is 26.2 Å². The normalized spacial score (nSPS) is 20.1. The van der Waals surface area contributed by atoms with E-state index in [1.165, 1.54) is 0 Å². The Balaban J connectivity index is 2.12. The molecule has 0 aromatic rings. The average molecular weight is 256 g/mol. The molecular weight excluding hydrogens is 228 g/mol. The summed E-state index contributed by atoms with van der Waals surface area (Å²) >= 11 is 0. The van der Waals surface area contributed by atoms with Gasteiger partial charge in [-0.1, -0.05) is 0 Å². The van der Waals surface area contributed by atoms with E-state index in [0.29, 0.717) is 5.96 Å². The lowest BCUT2D eigenvalue weighted by molar-refractivity contribution is 0.0824. The number of nitrogens with zero attached hydrogens (tertiary/aromatic N) is 2. The number of nitrogens with two attached hydrogens (primary N) is 1. The van der Waals surface area contributed by atoms with Crippen LogP contribution in [-0.4, -0.2) is 53.8 Å². The molecule has 0 bridgehead atoms. The van der Waals surface area contributed by atoms with Gasteiger partial charge in [-0.2, -0.15) is 0 Å². The van der Waals surface area contributed by atoms with Gasteiger partial charge in [-0.15, -0.1) is 0 Å². The first kappa shape index (κ1) is 15.2. The summed E-state index contributed by atoms with van der Waals surface area (Å²) < 4.78 is 0. The topological polar surface area (TPSA) is 73.9 Å². The highest BCUT2D eigenvalue weighted by Crippen LogP contribution is 2.09. The Morgan fingerprint density at radius 2 is 2.00 bits per heavy atom. The van der Waals surface area contributed by atoms with Crippen LogP contribution in [0.4, 0.5) is 0 Å². The summed E-state index contributed by atoms with van der Waals surface area (Å²) in [5.74, 6) is 0.525. The number of guanidine groups is 1. The van der Waals surface area contributed by atoms with Gasteiger partial charge in [0.1, 0.15) is 0 Å². The summed E-state index contributed by atoms with van der Waals surface area (Å²) in [4.78, 5) is 6.70. The predicted molar refractivity (Wildman–Crippen MR) is 75.7 cm³/mol. The zero-order valence-electron chi connectivity index (χ0n) is 11.9. The van der Waals surface area contributed by atoms with Crippen LogP contribution >= 0.6 is 0 Å². The van der Waals surface area contributed by atoms with E-state index in [1.54, 1.807) is 0 Å². The molecule has 0 unspecified atom stereocenters. The van der Waals surface area contributed by atoms with Gasteiger partial charge >= 0.3 is 0 Å². The zero-order valence-corrected chi connectivity index (χ0v) is 11.9. The van der Waals surface area contributed by atoms with Gasteiger partial charge in [0.15, 0.2) is 5.96 Å². The summed E-state index contributed by atoms with van der Waals surface area (Å²) in [6.45, 7) is 9.99. The van der Waals surface area contributed by atoms with Gasteiger partial charge < -0.3 is 21.1 Å². The van der Waals surface area contributed by atoms with Crippen LogP contribution in [-0.2, 0) is 0 Å². The third kappa shape index (κ3) is 6.81. The number of rotatable bonds is 4. The Morgan fingerprint density at radius 3 is 2.56 bits per heavy atom. The summed E-state index contributed by atoms with van der Waals surface area (Å²) in [6.07, 6.45) is 2.72. The summed E-state index contributed by atoms with van der Waals surface area (Å²) in [5.41, 5.74) is 5.76. The molecule has 0 aliphatic carbocycles. The molecule has 0 aromatic carbocycles. The highest BCUT2D eigenvalue weighted by Gasteiger charge is 2.16. The standard InChI is InChI=1S/C13H28N4O/c1-13(2,3)16-12(14)15-7-4-8-17-9-5-11(18)6-10-17/h11,18H,4-10H2,1-3H3,(H3,14,15,16). The Labute approximate surface area is 110 Å². The lowest BCUT2D eigenvalue weighted by Gasteiger charge is -2.29. The quantitative estimate of drug-likeness (QED) is 0.390. The van der Waals surface area contributed by atoms with Crippen molar-refractivity contribution in [2.45, 2.75) is 51.7 Å². The number of hydrogen-bond acceptors (Lipinski definition) is 3. The van der Waals surface area contributed by atoms with Crippen LogP contribution in [0.2, 0.25) is 0 Å². The van der Waals surface area contributed by atoms with Crippen molar-refractivity contribution >= 4 is 5.96 Å². The first-order valence-electron chi connectivity index (χ1n) is 6.85. The maximum atomic E-state index is 9.41. The summed E-state index contributed by atoms with van der Waals surface area (Å²) in [7, 11) is 0. The van der Waals surface area contributed by atoms with Crippen LogP contribution in [0.1, 0.15) is 40.0 Å². The summed E-state index contributed by atoms with van der Waals surface area (Å²) in [6, 6.07) is 0. The maximum absolute atomic E-state index is 9.41. The van der Waals surface area contributed by atoms with E-state index in [2.05, 4.69) is 36.0 Å². The fourth-order valence-electron chi connectivity index (χ4n) is 2.06.